The molecule has 0 unspecified atom stereocenters. The predicted octanol–water partition coefficient (Wildman–Crippen LogP) is 21.5. The van der Waals surface area contributed by atoms with Gasteiger partial charge in [0.15, 0.2) is 34.9 Å². The summed E-state index contributed by atoms with van der Waals surface area (Å²) >= 11 is 0. The fraction of sp³-hybridized carbons (Fsp3) is 0.0426. The van der Waals surface area contributed by atoms with E-state index in [2.05, 4.69) is 284 Å². The molecule has 3 aromatic heterocycles. The molecule has 0 saturated carbocycles. The Kier molecular flexibility index (Phi) is 15.0. The molecule has 0 amide bonds. The number of para-hydroxylation sites is 2. The summed E-state index contributed by atoms with van der Waals surface area (Å²) in [6, 6.07) is 124. The highest BCUT2D eigenvalue weighted by Crippen LogP contribution is 2.49. The van der Waals surface area contributed by atoms with Gasteiger partial charge in [-0.3, -0.25) is 0 Å². The molecule has 490 valence electrons. The van der Waals surface area contributed by atoms with Crippen molar-refractivity contribution in [3.8, 4) is 107 Å². The summed E-state index contributed by atoms with van der Waals surface area (Å²) in [7, 11) is 0. The van der Waals surface area contributed by atoms with E-state index in [0.29, 0.717) is 34.9 Å². The molecular formula is C94H66BN9. The Balaban J connectivity index is 0.871. The molecule has 19 rings (SSSR count). The summed E-state index contributed by atoms with van der Waals surface area (Å²) in [6.07, 6.45) is 0. The van der Waals surface area contributed by atoms with Crippen LogP contribution in [0.1, 0.15) is 26.3 Å². The second-order valence-corrected chi connectivity index (χ2v) is 27.8. The third-order valence-corrected chi connectivity index (χ3v) is 20.4. The average molecular weight is 1330 g/mol. The van der Waals surface area contributed by atoms with Crippen LogP contribution in [0.5, 0.6) is 0 Å². The van der Waals surface area contributed by atoms with Crippen LogP contribution in [0.3, 0.4) is 0 Å². The molecule has 0 spiro atoms. The molecule has 0 N–H and O–H groups in total. The minimum Gasteiger partial charge on any atom is -0.311 e. The second kappa shape index (κ2) is 25.3. The summed E-state index contributed by atoms with van der Waals surface area (Å²) in [5.41, 5.74) is 26.3. The van der Waals surface area contributed by atoms with Gasteiger partial charge < -0.3 is 14.4 Å². The van der Waals surface area contributed by atoms with Crippen LogP contribution in [0.2, 0.25) is 0 Å². The lowest BCUT2D eigenvalue weighted by molar-refractivity contribution is 0.591. The van der Waals surface area contributed by atoms with Crippen LogP contribution >= 0.6 is 0 Å². The van der Waals surface area contributed by atoms with Gasteiger partial charge in [0.05, 0.1) is 16.7 Å². The molecule has 2 aliphatic rings. The molecular weight excluding hydrogens is 1270 g/mol. The Hall–Kier alpha value is -13.4. The van der Waals surface area contributed by atoms with Crippen LogP contribution in [-0.2, 0) is 5.41 Å². The van der Waals surface area contributed by atoms with Crippen molar-refractivity contribution in [2.45, 2.75) is 26.2 Å². The van der Waals surface area contributed by atoms with Crippen LogP contribution in [0.15, 0.2) is 346 Å². The quantitative estimate of drug-likeness (QED) is 0.112. The Morgan fingerprint density at radius 1 is 0.250 bits per heavy atom. The normalized spacial score (nSPS) is 12.3. The van der Waals surface area contributed by atoms with Gasteiger partial charge in [-0.2, -0.15) is 0 Å². The zero-order valence-corrected chi connectivity index (χ0v) is 57.5. The zero-order valence-electron chi connectivity index (χ0n) is 57.5. The van der Waals surface area contributed by atoms with Crippen molar-refractivity contribution in [1.29, 1.82) is 0 Å². The molecule has 5 heterocycles. The second-order valence-electron chi connectivity index (χ2n) is 27.8. The van der Waals surface area contributed by atoms with Crippen LogP contribution in [-0.4, -0.2) is 41.2 Å². The molecule has 10 heteroatoms. The number of aromatic nitrogens is 7. The summed E-state index contributed by atoms with van der Waals surface area (Å²) in [5, 5.41) is 2.22. The van der Waals surface area contributed by atoms with Crippen molar-refractivity contribution >= 4 is 79.0 Å². The number of rotatable bonds is 12. The highest BCUT2D eigenvalue weighted by Gasteiger charge is 2.44. The largest absolute Gasteiger partial charge is 0.311 e. The van der Waals surface area contributed by atoms with Gasteiger partial charge in [-0.25, -0.2) is 29.9 Å². The van der Waals surface area contributed by atoms with Gasteiger partial charge in [-0.05, 0) is 152 Å². The van der Waals surface area contributed by atoms with E-state index in [1.54, 1.807) is 0 Å². The molecule has 9 nitrogen and oxygen atoms in total. The number of fused-ring (bicyclic) bond motifs is 7. The van der Waals surface area contributed by atoms with Crippen LogP contribution in [0, 0.1) is 0 Å². The van der Waals surface area contributed by atoms with E-state index in [0.717, 1.165) is 117 Å². The third kappa shape index (κ3) is 10.9. The molecule has 0 bridgehead atoms. The number of nitrogens with zero attached hydrogens (tertiary/aromatic N) is 9. The first-order valence-electron chi connectivity index (χ1n) is 35.4. The number of hydrogen-bond acceptors (Lipinski definition) is 8. The van der Waals surface area contributed by atoms with Crippen molar-refractivity contribution in [2.24, 2.45) is 0 Å². The van der Waals surface area contributed by atoms with Crippen molar-refractivity contribution in [2.75, 3.05) is 9.80 Å². The Morgan fingerprint density at radius 2 is 0.587 bits per heavy atom. The fourth-order valence-corrected chi connectivity index (χ4v) is 15.3. The standard InChI is InChI=1S/C94H66BN9/c1-94(2,3)72-48-53-81-76(60-72)75-54-67(71-58-85-87-86(59-71)103(74-42-26-11-27-43-74)84-57-69(62-30-14-5-15-31-62)45-50-79(84)95(87)78-49-44-68(61-28-12-4-13-29-61)56-83(78)102(85)73-40-24-10-25-41-73)46-51-80(75)104(81)82-52-47-70(92-98-88(63-32-16-6-17-33-63)96-89(99-92)64-34-18-7-19-35-64)55-77(82)93-100-90(65-36-20-8-21-37-65)97-91(101-93)66-38-22-9-23-39-66/h4-60H,1-3H3. The van der Waals surface area contributed by atoms with E-state index in [1.165, 1.54) is 33.1 Å². The van der Waals surface area contributed by atoms with E-state index < -0.39 is 0 Å². The maximum Gasteiger partial charge on any atom is 0.252 e. The van der Waals surface area contributed by atoms with Gasteiger partial charge in [0.25, 0.3) is 6.71 Å². The van der Waals surface area contributed by atoms with E-state index in [-0.39, 0.29) is 12.1 Å². The van der Waals surface area contributed by atoms with E-state index in [1.807, 2.05) is 97.1 Å². The van der Waals surface area contributed by atoms with Crippen molar-refractivity contribution in [3.63, 3.8) is 0 Å². The van der Waals surface area contributed by atoms with Gasteiger partial charge in [-0.1, -0.05) is 276 Å². The summed E-state index contributed by atoms with van der Waals surface area (Å²) in [4.78, 5) is 36.9. The number of benzene rings is 14. The number of anilines is 6. The average Bonchev–Trinajstić information content (AvgIpc) is 0.730. The van der Waals surface area contributed by atoms with E-state index >= 15 is 0 Å². The topological polar surface area (TPSA) is 88.8 Å². The van der Waals surface area contributed by atoms with Gasteiger partial charge in [0.2, 0.25) is 0 Å². The number of hydrogen-bond donors (Lipinski definition) is 0. The summed E-state index contributed by atoms with van der Waals surface area (Å²) in [5.74, 6) is 3.25. The third-order valence-electron chi connectivity index (χ3n) is 20.4. The predicted molar refractivity (Wildman–Crippen MR) is 429 cm³/mol. The molecule has 0 radical (unpaired) electrons. The maximum atomic E-state index is 5.48. The van der Waals surface area contributed by atoms with E-state index in [4.69, 9.17) is 29.9 Å². The van der Waals surface area contributed by atoms with Gasteiger partial charge in [-0.15, -0.1) is 0 Å². The van der Waals surface area contributed by atoms with Crippen molar-refractivity contribution in [3.05, 3.63) is 351 Å². The van der Waals surface area contributed by atoms with Crippen LogP contribution in [0.4, 0.5) is 34.1 Å². The SMILES string of the molecule is CC(C)(C)c1ccc2c(c1)c1cc(-c3cc4c5c(c3)N(c3ccccc3)c3cc(-c6ccccc6)ccc3B5c3ccc(-c5ccccc5)cc3N4c3ccccc3)ccc1n2-c1ccc(-c2nc(-c3ccccc3)nc(-c3ccccc3)n2)cc1-c1nc(-c2ccccc2)nc(-c2ccccc2)n1. The summed E-state index contributed by atoms with van der Waals surface area (Å²) < 4.78 is 2.41. The Morgan fingerprint density at radius 3 is 1.01 bits per heavy atom. The Bertz CT molecular complexity index is 5860. The minimum absolute atomic E-state index is 0.107. The van der Waals surface area contributed by atoms with Crippen LogP contribution < -0.4 is 26.2 Å². The molecule has 0 aliphatic carbocycles. The van der Waals surface area contributed by atoms with Gasteiger partial charge in [0.1, 0.15) is 0 Å². The zero-order chi connectivity index (χ0) is 69.4. The lowest BCUT2D eigenvalue weighted by atomic mass is 9.33. The maximum absolute atomic E-state index is 5.48. The Labute approximate surface area is 604 Å². The minimum atomic E-state index is -0.172. The highest BCUT2D eigenvalue weighted by atomic mass is 15.2. The first-order chi connectivity index (χ1) is 51.2. The smallest absolute Gasteiger partial charge is 0.252 e. The molecule has 14 aromatic carbocycles. The lowest BCUT2D eigenvalue weighted by Gasteiger charge is -2.44. The molecule has 0 fully saturated rings. The molecule has 0 atom stereocenters. The molecule has 2 aliphatic heterocycles. The highest BCUT2D eigenvalue weighted by molar-refractivity contribution is 7.00. The summed E-state index contributed by atoms with van der Waals surface area (Å²) in [6.45, 7) is 6.78. The molecule has 0 saturated heterocycles. The lowest BCUT2D eigenvalue weighted by Crippen LogP contribution is -2.61. The first-order valence-corrected chi connectivity index (χ1v) is 35.4. The van der Waals surface area contributed by atoms with Gasteiger partial charge in [0, 0.05) is 78.3 Å². The van der Waals surface area contributed by atoms with E-state index in [9.17, 15) is 0 Å². The van der Waals surface area contributed by atoms with Crippen LogP contribution in [0.25, 0.3) is 129 Å². The molecule has 104 heavy (non-hydrogen) atoms. The first kappa shape index (κ1) is 61.6. The molecule has 17 aromatic rings. The monoisotopic (exact) mass is 1330 g/mol. The van der Waals surface area contributed by atoms with Gasteiger partial charge >= 0.3 is 0 Å². The van der Waals surface area contributed by atoms with Crippen molar-refractivity contribution in [1.82, 2.24) is 34.5 Å². The fourth-order valence-electron chi connectivity index (χ4n) is 15.3. The van der Waals surface area contributed by atoms with Crippen molar-refractivity contribution < 1.29 is 0 Å².